The molecular weight excluding hydrogens is 322 g/mol. The second kappa shape index (κ2) is 6.41. The van der Waals surface area contributed by atoms with Crippen LogP contribution in [0.15, 0.2) is 83.7 Å². The summed E-state index contributed by atoms with van der Waals surface area (Å²) in [5.74, 6) is 0. The van der Waals surface area contributed by atoms with E-state index >= 15 is 0 Å². The first kappa shape index (κ1) is 16.0. The van der Waals surface area contributed by atoms with E-state index in [0.717, 1.165) is 28.1 Å². The number of anilines is 1. The molecule has 0 saturated carbocycles. The summed E-state index contributed by atoms with van der Waals surface area (Å²) in [4.78, 5) is 13.2. The summed E-state index contributed by atoms with van der Waals surface area (Å²) in [5, 5.41) is 3.30. The molecule has 3 aromatic carbocycles. The third-order valence-electron chi connectivity index (χ3n) is 4.41. The van der Waals surface area contributed by atoms with E-state index in [1.165, 1.54) is 0 Å². The lowest BCUT2D eigenvalue weighted by Crippen LogP contribution is -2.15. The predicted molar refractivity (Wildman–Crippen MR) is 106 cm³/mol. The van der Waals surface area contributed by atoms with Crippen molar-refractivity contribution in [3.05, 3.63) is 94.8 Å². The maximum atomic E-state index is 13.2. The largest absolute Gasteiger partial charge is 0.399 e. The highest BCUT2D eigenvalue weighted by atomic mass is 16.1. The molecule has 128 valence electrons. The van der Waals surface area contributed by atoms with Gasteiger partial charge in [0.25, 0.3) is 5.56 Å². The Balaban J connectivity index is 2.00. The van der Waals surface area contributed by atoms with Gasteiger partial charge in [0.2, 0.25) is 0 Å². The molecule has 4 heteroatoms. The van der Waals surface area contributed by atoms with Gasteiger partial charge in [-0.3, -0.25) is 9.89 Å². The van der Waals surface area contributed by atoms with E-state index in [-0.39, 0.29) is 5.56 Å². The van der Waals surface area contributed by atoms with E-state index in [1.807, 2.05) is 79.7 Å². The number of nitrogens with zero attached hydrogens (tertiary/aromatic N) is 1. The summed E-state index contributed by atoms with van der Waals surface area (Å²) in [6.07, 6.45) is 0. The number of aryl methyl sites for hydroxylation is 1. The summed E-state index contributed by atoms with van der Waals surface area (Å²) in [7, 11) is 0. The molecule has 0 amide bonds. The molecule has 0 fully saturated rings. The van der Waals surface area contributed by atoms with Gasteiger partial charge in [-0.15, -0.1) is 0 Å². The van der Waals surface area contributed by atoms with Crippen LogP contribution in [0, 0.1) is 6.92 Å². The number of para-hydroxylation sites is 1. The van der Waals surface area contributed by atoms with Crippen molar-refractivity contribution in [2.75, 3.05) is 5.73 Å². The lowest BCUT2D eigenvalue weighted by Gasteiger charge is -2.05. The Labute approximate surface area is 151 Å². The summed E-state index contributed by atoms with van der Waals surface area (Å²) in [6.45, 7) is 2.04. The standard InChI is InChI=1S/C22H19N3O/c1-15-6-5-7-17(14-15)21-20(16-10-12-18(23)13-11-16)22(26)25(24-21)19-8-3-2-4-9-19/h2-14,24H,23H2,1H3. The molecule has 26 heavy (non-hydrogen) atoms. The number of benzene rings is 3. The van der Waals surface area contributed by atoms with Crippen LogP contribution in [0.1, 0.15) is 5.56 Å². The van der Waals surface area contributed by atoms with Gasteiger partial charge >= 0.3 is 0 Å². The summed E-state index contributed by atoms with van der Waals surface area (Å²) >= 11 is 0. The Kier molecular flexibility index (Phi) is 3.93. The third kappa shape index (κ3) is 2.82. The van der Waals surface area contributed by atoms with Gasteiger partial charge in [-0.1, -0.05) is 54.1 Å². The van der Waals surface area contributed by atoms with Crippen molar-refractivity contribution in [2.45, 2.75) is 6.92 Å². The fourth-order valence-electron chi connectivity index (χ4n) is 3.12. The first-order valence-corrected chi connectivity index (χ1v) is 8.47. The summed E-state index contributed by atoms with van der Waals surface area (Å²) in [5.41, 5.74) is 11.6. The zero-order valence-corrected chi connectivity index (χ0v) is 14.4. The van der Waals surface area contributed by atoms with Gasteiger partial charge in [0, 0.05) is 11.3 Å². The van der Waals surface area contributed by atoms with E-state index in [4.69, 9.17) is 5.73 Å². The van der Waals surface area contributed by atoms with E-state index in [2.05, 4.69) is 11.2 Å². The zero-order chi connectivity index (χ0) is 18.1. The highest BCUT2D eigenvalue weighted by Crippen LogP contribution is 2.29. The zero-order valence-electron chi connectivity index (χ0n) is 14.4. The first-order valence-electron chi connectivity index (χ1n) is 8.47. The highest BCUT2D eigenvalue weighted by Gasteiger charge is 2.18. The van der Waals surface area contributed by atoms with E-state index in [9.17, 15) is 4.79 Å². The van der Waals surface area contributed by atoms with Crippen LogP contribution in [0.4, 0.5) is 5.69 Å². The van der Waals surface area contributed by atoms with E-state index < -0.39 is 0 Å². The fraction of sp³-hybridized carbons (Fsp3) is 0.0455. The molecule has 0 aliphatic carbocycles. The molecule has 0 spiro atoms. The number of H-pyrrole nitrogens is 1. The smallest absolute Gasteiger partial charge is 0.279 e. The molecule has 4 rings (SSSR count). The molecule has 4 nitrogen and oxygen atoms in total. The van der Waals surface area contributed by atoms with Crippen LogP contribution in [0.2, 0.25) is 0 Å². The minimum absolute atomic E-state index is 0.0857. The van der Waals surface area contributed by atoms with Crippen LogP contribution < -0.4 is 11.3 Å². The summed E-state index contributed by atoms with van der Waals surface area (Å²) in [6, 6.07) is 25.1. The van der Waals surface area contributed by atoms with Crippen LogP contribution in [-0.2, 0) is 0 Å². The van der Waals surface area contributed by atoms with Crippen LogP contribution in [-0.4, -0.2) is 9.78 Å². The maximum Gasteiger partial charge on any atom is 0.279 e. The molecule has 0 bridgehead atoms. The van der Waals surface area contributed by atoms with Crippen LogP contribution in [0.5, 0.6) is 0 Å². The quantitative estimate of drug-likeness (QED) is 0.543. The van der Waals surface area contributed by atoms with Crippen molar-refractivity contribution >= 4 is 5.69 Å². The fourth-order valence-corrected chi connectivity index (χ4v) is 3.12. The van der Waals surface area contributed by atoms with Gasteiger partial charge in [0.15, 0.2) is 0 Å². The maximum absolute atomic E-state index is 13.2. The molecule has 0 saturated heterocycles. The molecule has 0 atom stereocenters. The topological polar surface area (TPSA) is 63.8 Å². The normalized spacial score (nSPS) is 10.8. The predicted octanol–water partition coefficient (Wildman–Crippen LogP) is 4.39. The van der Waals surface area contributed by atoms with Gasteiger partial charge < -0.3 is 5.73 Å². The lowest BCUT2D eigenvalue weighted by atomic mass is 10.0. The number of aromatic amines is 1. The number of rotatable bonds is 3. The van der Waals surface area contributed by atoms with Gasteiger partial charge in [-0.25, -0.2) is 4.68 Å². The third-order valence-corrected chi connectivity index (χ3v) is 4.41. The molecule has 0 radical (unpaired) electrons. The van der Waals surface area contributed by atoms with Crippen molar-refractivity contribution in [3.63, 3.8) is 0 Å². The lowest BCUT2D eigenvalue weighted by molar-refractivity contribution is 0.853. The van der Waals surface area contributed by atoms with E-state index in [1.54, 1.807) is 4.68 Å². The van der Waals surface area contributed by atoms with Crippen molar-refractivity contribution in [1.82, 2.24) is 9.78 Å². The van der Waals surface area contributed by atoms with Crippen LogP contribution >= 0.6 is 0 Å². The van der Waals surface area contributed by atoms with Crippen molar-refractivity contribution in [2.24, 2.45) is 0 Å². The molecule has 1 heterocycles. The number of hydrogen-bond donors (Lipinski definition) is 2. The molecule has 0 aliphatic rings. The highest BCUT2D eigenvalue weighted by molar-refractivity contribution is 5.81. The van der Waals surface area contributed by atoms with Crippen LogP contribution in [0.25, 0.3) is 28.1 Å². The Morgan fingerprint density at radius 1 is 0.846 bits per heavy atom. The van der Waals surface area contributed by atoms with Gasteiger partial charge in [0.05, 0.1) is 16.9 Å². The molecular formula is C22H19N3O. The SMILES string of the molecule is Cc1cccc(-c2[nH]n(-c3ccccc3)c(=O)c2-c2ccc(N)cc2)c1. The Morgan fingerprint density at radius 2 is 1.58 bits per heavy atom. The Bertz CT molecular complexity index is 1110. The average Bonchev–Trinajstić information content (AvgIpc) is 3.00. The van der Waals surface area contributed by atoms with Crippen molar-refractivity contribution in [3.8, 4) is 28.1 Å². The monoisotopic (exact) mass is 341 g/mol. The van der Waals surface area contributed by atoms with Gasteiger partial charge in [0.1, 0.15) is 0 Å². The molecule has 1 aromatic heterocycles. The van der Waals surface area contributed by atoms with E-state index in [0.29, 0.717) is 11.3 Å². The molecule has 4 aromatic rings. The molecule has 0 aliphatic heterocycles. The number of nitrogens with two attached hydrogens (primary N) is 1. The molecule has 3 N–H and O–H groups in total. The number of nitrogen functional groups attached to an aromatic ring is 1. The van der Waals surface area contributed by atoms with Gasteiger partial charge in [-0.2, -0.15) is 0 Å². The van der Waals surface area contributed by atoms with Crippen molar-refractivity contribution < 1.29 is 0 Å². The minimum Gasteiger partial charge on any atom is -0.399 e. The second-order valence-electron chi connectivity index (χ2n) is 6.33. The Morgan fingerprint density at radius 3 is 2.27 bits per heavy atom. The van der Waals surface area contributed by atoms with Crippen molar-refractivity contribution in [1.29, 1.82) is 0 Å². The summed E-state index contributed by atoms with van der Waals surface area (Å²) < 4.78 is 1.59. The number of nitrogens with one attached hydrogen (secondary N) is 1. The number of aromatic nitrogens is 2. The average molecular weight is 341 g/mol. The number of hydrogen-bond acceptors (Lipinski definition) is 2. The Hall–Kier alpha value is -3.53. The second-order valence-corrected chi connectivity index (χ2v) is 6.33. The minimum atomic E-state index is -0.0857. The van der Waals surface area contributed by atoms with Crippen LogP contribution in [0.3, 0.4) is 0 Å². The first-order chi connectivity index (χ1) is 12.6. The molecule has 0 unspecified atom stereocenters. The van der Waals surface area contributed by atoms with Gasteiger partial charge in [-0.05, 0) is 42.8 Å².